The second-order valence-electron chi connectivity index (χ2n) is 20.6. The van der Waals surface area contributed by atoms with Gasteiger partial charge in [-0.15, -0.1) is 0 Å². The molecule has 0 unspecified atom stereocenters. The molecule has 0 aliphatic heterocycles. The number of likely N-dealkylation sites (N-methyl/N-ethyl adjacent to an activating group) is 2. The predicted octanol–water partition coefficient (Wildman–Crippen LogP) is 14.6. The van der Waals surface area contributed by atoms with Gasteiger partial charge in [-0.3, -0.25) is 9.59 Å². The molecule has 6 nitrogen and oxygen atoms in total. The molecule has 0 aliphatic rings. The summed E-state index contributed by atoms with van der Waals surface area (Å²) >= 11 is 0. The van der Waals surface area contributed by atoms with Crippen molar-refractivity contribution in [3.05, 3.63) is 70.8 Å². The van der Waals surface area contributed by atoms with E-state index in [-0.39, 0.29) is 11.9 Å². The largest absolute Gasteiger partial charge is 0.459 e. The number of benzene rings is 2. The van der Waals surface area contributed by atoms with Gasteiger partial charge in [0.15, 0.2) is 0 Å². The SMILES string of the molecule is CCCCCCCCCCCCCCCC[N+](C)(C)CCOC(=O)Cc1ccc(Cc2ccc(CC(=O)OCC[N+](C)(C)CCCCCCCCCCCCCCCC)cc2)cc1. The maximum atomic E-state index is 12.6. The summed E-state index contributed by atoms with van der Waals surface area (Å²) in [6, 6.07) is 16.6. The standard InChI is InChI=1S/C57H100N2O4/c1-7-9-11-13-15-17-19-21-23-25-27-29-31-33-43-58(3,4)45-47-62-56(60)50-54-39-35-52(36-40-54)49-53-37-41-55(42-38-53)51-57(61)63-48-46-59(5,6)44-34-32-30-28-26-24-22-20-18-16-14-12-10-8-2/h35-42H,7-34,43-51H2,1-6H3/q+2. The van der Waals surface area contributed by atoms with Gasteiger partial charge in [0.25, 0.3) is 0 Å². The molecule has 2 aromatic rings. The number of hydrogen-bond donors (Lipinski definition) is 0. The third-order valence-electron chi connectivity index (χ3n) is 13.3. The molecule has 0 aromatic heterocycles. The van der Waals surface area contributed by atoms with Crippen molar-refractivity contribution >= 4 is 11.9 Å². The van der Waals surface area contributed by atoms with E-state index in [0.717, 1.165) is 52.7 Å². The number of unbranched alkanes of at least 4 members (excludes halogenated alkanes) is 26. The zero-order chi connectivity index (χ0) is 45.7. The highest BCUT2D eigenvalue weighted by molar-refractivity contribution is 5.73. The summed E-state index contributed by atoms with van der Waals surface area (Å²) in [6.45, 7) is 9.46. The fraction of sp³-hybridized carbons (Fsp3) is 0.754. The summed E-state index contributed by atoms with van der Waals surface area (Å²) < 4.78 is 13.1. The van der Waals surface area contributed by atoms with Crippen molar-refractivity contribution in [3.8, 4) is 0 Å². The minimum absolute atomic E-state index is 0.156. The second-order valence-corrected chi connectivity index (χ2v) is 20.6. The van der Waals surface area contributed by atoms with Gasteiger partial charge in [0.2, 0.25) is 0 Å². The molecule has 2 rings (SSSR count). The van der Waals surface area contributed by atoms with Crippen LogP contribution in [0, 0.1) is 0 Å². The van der Waals surface area contributed by atoms with E-state index in [1.165, 1.54) is 191 Å². The Morgan fingerprint density at radius 2 is 0.587 bits per heavy atom. The minimum Gasteiger partial charge on any atom is -0.459 e. The van der Waals surface area contributed by atoms with Crippen molar-refractivity contribution in [1.29, 1.82) is 0 Å². The second kappa shape index (κ2) is 36.5. The summed E-state index contributed by atoms with van der Waals surface area (Å²) in [7, 11) is 9.00. The molecule has 63 heavy (non-hydrogen) atoms. The third-order valence-corrected chi connectivity index (χ3v) is 13.3. The van der Waals surface area contributed by atoms with Gasteiger partial charge in [-0.1, -0.05) is 216 Å². The van der Waals surface area contributed by atoms with E-state index in [1.54, 1.807) is 0 Å². The highest BCUT2D eigenvalue weighted by Crippen LogP contribution is 2.17. The van der Waals surface area contributed by atoms with Crippen molar-refractivity contribution < 1.29 is 28.0 Å². The van der Waals surface area contributed by atoms with Crippen LogP contribution in [0.3, 0.4) is 0 Å². The molecular formula is C57H100N2O4+2. The molecule has 2 aromatic carbocycles. The van der Waals surface area contributed by atoms with Crippen LogP contribution in [0.15, 0.2) is 48.5 Å². The van der Waals surface area contributed by atoms with Gasteiger partial charge in [0, 0.05) is 0 Å². The number of rotatable bonds is 42. The van der Waals surface area contributed by atoms with Crippen molar-refractivity contribution in [2.75, 3.05) is 67.6 Å². The third kappa shape index (κ3) is 32.6. The molecule has 0 aliphatic carbocycles. The van der Waals surface area contributed by atoms with Crippen LogP contribution in [-0.4, -0.2) is 88.5 Å². The summed E-state index contributed by atoms with van der Waals surface area (Å²) in [5, 5.41) is 0. The highest BCUT2D eigenvalue weighted by atomic mass is 16.5. The number of nitrogens with zero attached hydrogens (tertiary/aromatic N) is 2. The van der Waals surface area contributed by atoms with Gasteiger partial charge in [0.1, 0.15) is 26.3 Å². The molecule has 0 saturated heterocycles. The first-order chi connectivity index (χ1) is 30.5. The molecule has 0 atom stereocenters. The predicted molar refractivity (Wildman–Crippen MR) is 269 cm³/mol. The van der Waals surface area contributed by atoms with Crippen molar-refractivity contribution in [2.45, 2.75) is 213 Å². The smallest absolute Gasteiger partial charge is 0.310 e. The van der Waals surface area contributed by atoms with Gasteiger partial charge in [0.05, 0.1) is 54.1 Å². The minimum atomic E-state index is -0.156. The van der Waals surface area contributed by atoms with Crippen LogP contribution in [0.4, 0.5) is 0 Å². The average Bonchev–Trinajstić information content (AvgIpc) is 3.25. The van der Waals surface area contributed by atoms with Crippen LogP contribution in [0.2, 0.25) is 0 Å². The summed E-state index contributed by atoms with van der Waals surface area (Å²) in [5.41, 5.74) is 4.34. The molecule has 0 fully saturated rings. The molecule has 0 spiro atoms. The molecule has 0 bridgehead atoms. The molecule has 6 heteroatoms. The highest BCUT2D eigenvalue weighted by Gasteiger charge is 2.17. The molecule has 0 N–H and O–H groups in total. The first-order valence-corrected chi connectivity index (χ1v) is 26.6. The molecule has 0 saturated carbocycles. The van der Waals surface area contributed by atoms with E-state index < -0.39 is 0 Å². The van der Waals surface area contributed by atoms with Crippen LogP contribution < -0.4 is 0 Å². The van der Waals surface area contributed by atoms with Crippen molar-refractivity contribution in [3.63, 3.8) is 0 Å². The van der Waals surface area contributed by atoms with Gasteiger partial charge >= 0.3 is 11.9 Å². The number of esters is 2. The van der Waals surface area contributed by atoms with Gasteiger partial charge in [-0.25, -0.2) is 0 Å². The van der Waals surface area contributed by atoms with E-state index in [0.29, 0.717) is 26.1 Å². The zero-order valence-corrected chi connectivity index (χ0v) is 42.3. The first-order valence-electron chi connectivity index (χ1n) is 26.6. The van der Waals surface area contributed by atoms with Crippen LogP contribution >= 0.6 is 0 Å². The molecule has 0 radical (unpaired) electrons. The van der Waals surface area contributed by atoms with E-state index in [4.69, 9.17) is 9.47 Å². The maximum Gasteiger partial charge on any atom is 0.310 e. The number of ether oxygens (including phenoxy) is 2. The lowest BCUT2D eigenvalue weighted by molar-refractivity contribution is -0.890. The van der Waals surface area contributed by atoms with Gasteiger partial charge < -0.3 is 18.4 Å². The van der Waals surface area contributed by atoms with Gasteiger partial charge in [-0.2, -0.15) is 0 Å². The molecule has 0 amide bonds. The Morgan fingerprint density at radius 3 is 0.857 bits per heavy atom. The van der Waals surface area contributed by atoms with Gasteiger partial charge in [-0.05, 0) is 54.4 Å². The van der Waals surface area contributed by atoms with Crippen LogP contribution in [0.5, 0.6) is 0 Å². The van der Waals surface area contributed by atoms with E-state index in [2.05, 4.69) is 66.3 Å². The van der Waals surface area contributed by atoms with E-state index >= 15 is 0 Å². The monoisotopic (exact) mass is 877 g/mol. The van der Waals surface area contributed by atoms with Crippen molar-refractivity contribution in [1.82, 2.24) is 0 Å². The normalized spacial score (nSPS) is 11.9. The fourth-order valence-electron chi connectivity index (χ4n) is 8.73. The number of quaternary nitrogens is 2. The Labute approximate surface area is 389 Å². The van der Waals surface area contributed by atoms with Crippen LogP contribution in [0.1, 0.15) is 216 Å². The quantitative estimate of drug-likeness (QED) is 0.0379. The summed E-state index contributed by atoms with van der Waals surface area (Å²) in [6.07, 6.45) is 40.1. The average molecular weight is 877 g/mol. The Morgan fingerprint density at radius 1 is 0.349 bits per heavy atom. The Bertz CT molecular complexity index is 1280. The lowest BCUT2D eigenvalue weighted by Crippen LogP contribution is -2.43. The van der Waals surface area contributed by atoms with E-state index in [1.807, 2.05) is 24.3 Å². The van der Waals surface area contributed by atoms with Crippen LogP contribution in [0.25, 0.3) is 0 Å². The Hall–Kier alpha value is -2.70. The molecule has 360 valence electrons. The molecular weight excluding hydrogens is 777 g/mol. The number of carbonyl (C=O) groups excluding carboxylic acids is 2. The summed E-state index contributed by atoms with van der Waals surface area (Å²) in [5.74, 6) is -0.312. The number of carbonyl (C=O) groups is 2. The number of hydrogen-bond acceptors (Lipinski definition) is 4. The van der Waals surface area contributed by atoms with E-state index in [9.17, 15) is 9.59 Å². The van der Waals surface area contributed by atoms with Crippen LogP contribution in [-0.2, 0) is 38.3 Å². The first kappa shape index (κ1) is 56.4. The molecule has 0 heterocycles. The van der Waals surface area contributed by atoms with Crippen molar-refractivity contribution in [2.24, 2.45) is 0 Å². The lowest BCUT2D eigenvalue weighted by atomic mass is 10.0. The topological polar surface area (TPSA) is 52.6 Å². The maximum absolute atomic E-state index is 12.6. The summed E-state index contributed by atoms with van der Waals surface area (Å²) in [4.78, 5) is 25.3. The lowest BCUT2D eigenvalue weighted by Gasteiger charge is -2.29. The zero-order valence-electron chi connectivity index (χ0n) is 42.3. The Kier molecular flexibility index (Phi) is 32.7. The Balaban J connectivity index is 1.50. The fourth-order valence-corrected chi connectivity index (χ4v) is 8.73.